The van der Waals surface area contributed by atoms with Crippen LogP contribution in [0.5, 0.6) is 0 Å². The molecule has 0 aliphatic carbocycles. The van der Waals surface area contributed by atoms with Crippen molar-refractivity contribution in [3.63, 3.8) is 0 Å². The third-order valence-electron chi connectivity index (χ3n) is 2.11. The van der Waals surface area contributed by atoms with E-state index in [1.807, 2.05) is 6.92 Å². The van der Waals surface area contributed by atoms with Crippen molar-refractivity contribution in [2.45, 2.75) is 19.8 Å². The lowest BCUT2D eigenvalue weighted by Gasteiger charge is -2.10. The topological polar surface area (TPSA) is 49.3 Å². The number of benzene rings is 1. The minimum atomic E-state index is -0.205. The fourth-order valence-corrected chi connectivity index (χ4v) is 1.68. The fraction of sp³-hybridized carbons (Fsp3) is 0.364. The Morgan fingerprint density at radius 2 is 2.12 bits per heavy atom. The predicted molar refractivity (Wildman–Crippen MR) is 66.1 cm³/mol. The van der Waals surface area contributed by atoms with Crippen LogP contribution in [0.15, 0.2) is 12.1 Å². The summed E-state index contributed by atoms with van der Waals surface area (Å²) in [6, 6.07) is 3.47. The van der Waals surface area contributed by atoms with Crippen LogP contribution < -0.4 is 5.32 Å². The van der Waals surface area contributed by atoms with Crippen molar-refractivity contribution in [2.75, 3.05) is 11.9 Å². The Bertz CT molecular complexity index is 394. The average molecular weight is 262 g/mol. The molecule has 0 saturated heterocycles. The monoisotopic (exact) mass is 261 g/mol. The highest BCUT2D eigenvalue weighted by molar-refractivity contribution is 6.40. The number of amides is 1. The van der Waals surface area contributed by atoms with Gasteiger partial charge in [-0.15, -0.1) is 0 Å². The number of anilines is 1. The van der Waals surface area contributed by atoms with Crippen LogP contribution in [0.1, 0.15) is 18.4 Å². The molecule has 88 valence electrons. The Morgan fingerprint density at radius 1 is 1.44 bits per heavy atom. The van der Waals surface area contributed by atoms with E-state index in [4.69, 9.17) is 28.3 Å². The summed E-state index contributed by atoms with van der Waals surface area (Å²) in [6.45, 7) is 1.82. The fourth-order valence-electron chi connectivity index (χ4n) is 1.21. The Morgan fingerprint density at radius 3 is 2.75 bits per heavy atom. The third kappa shape index (κ3) is 3.37. The summed E-state index contributed by atoms with van der Waals surface area (Å²) in [4.78, 5) is 11.4. The lowest BCUT2D eigenvalue weighted by atomic mass is 10.2. The number of hydrogen-bond acceptors (Lipinski definition) is 2. The summed E-state index contributed by atoms with van der Waals surface area (Å²) in [5.41, 5.74) is 1.29. The maximum Gasteiger partial charge on any atom is 0.224 e. The van der Waals surface area contributed by atoms with Crippen LogP contribution in [-0.4, -0.2) is 17.6 Å². The molecule has 0 spiro atoms. The molecule has 0 aliphatic rings. The van der Waals surface area contributed by atoms with Gasteiger partial charge in [0.15, 0.2) is 0 Å². The van der Waals surface area contributed by atoms with Crippen molar-refractivity contribution in [1.82, 2.24) is 0 Å². The number of aliphatic hydroxyl groups is 1. The number of nitrogens with one attached hydrogen (secondary N) is 1. The molecule has 0 unspecified atom stereocenters. The van der Waals surface area contributed by atoms with Crippen molar-refractivity contribution >= 4 is 34.8 Å². The molecule has 0 heterocycles. The summed E-state index contributed by atoms with van der Waals surface area (Å²) in [6.07, 6.45) is 0.671. The zero-order chi connectivity index (χ0) is 12.1. The summed E-state index contributed by atoms with van der Waals surface area (Å²) in [5, 5.41) is 12.1. The smallest absolute Gasteiger partial charge is 0.224 e. The van der Waals surface area contributed by atoms with Crippen LogP contribution in [-0.2, 0) is 4.79 Å². The van der Waals surface area contributed by atoms with Crippen molar-refractivity contribution in [1.29, 1.82) is 0 Å². The number of carbonyl (C=O) groups is 1. The molecule has 0 bridgehead atoms. The molecule has 0 radical (unpaired) electrons. The molecular formula is C11H13Cl2NO2. The molecule has 2 N–H and O–H groups in total. The number of hydrogen-bond donors (Lipinski definition) is 2. The van der Waals surface area contributed by atoms with E-state index < -0.39 is 0 Å². The predicted octanol–water partition coefficient (Wildman–Crippen LogP) is 3.01. The molecule has 0 fully saturated rings. The molecule has 1 aromatic rings. The van der Waals surface area contributed by atoms with E-state index in [2.05, 4.69) is 5.32 Å². The number of carbonyl (C=O) groups excluding carboxylic acids is 1. The van der Waals surface area contributed by atoms with Gasteiger partial charge in [-0.1, -0.05) is 29.3 Å². The summed E-state index contributed by atoms with van der Waals surface area (Å²) < 4.78 is 0. The zero-order valence-electron chi connectivity index (χ0n) is 8.89. The quantitative estimate of drug-likeness (QED) is 0.876. The standard InChI is InChI=1S/C11H13Cl2NO2/c1-7-4-5-8(12)11(10(7)13)14-9(16)3-2-6-15/h4-5,15H,2-3,6H2,1H3,(H,14,16). The van der Waals surface area contributed by atoms with Gasteiger partial charge < -0.3 is 10.4 Å². The van der Waals surface area contributed by atoms with E-state index in [-0.39, 0.29) is 18.9 Å². The van der Waals surface area contributed by atoms with Crippen molar-refractivity contribution < 1.29 is 9.90 Å². The number of halogens is 2. The molecular weight excluding hydrogens is 249 g/mol. The van der Waals surface area contributed by atoms with Gasteiger partial charge in [0, 0.05) is 13.0 Å². The van der Waals surface area contributed by atoms with Gasteiger partial charge in [0.1, 0.15) is 0 Å². The summed E-state index contributed by atoms with van der Waals surface area (Å²) in [5.74, 6) is -0.205. The van der Waals surface area contributed by atoms with Gasteiger partial charge in [-0.25, -0.2) is 0 Å². The maximum atomic E-state index is 11.4. The molecule has 0 aliphatic heterocycles. The molecule has 0 atom stereocenters. The zero-order valence-corrected chi connectivity index (χ0v) is 10.4. The minimum Gasteiger partial charge on any atom is -0.396 e. The largest absolute Gasteiger partial charge is 0.396 e. The Kier molecular flexibility index (Phi) is 5.06. The lowest BCUT2D eigenvalue weighted by molar-refractivity contribution is -0.116. The SMILES string of the molecule is Cc1ccc(Cl)c(NC(=O)CCCO)c1Cl. The van der Waals surface area contributed by atoms with Gasteiger partial charge >= 0.3 is 0 Å². The molecule has 3 nitrogen and oxygen atoms in total. The van der Waals surface area contributed by atoms with Crippen LogP contribution in [0.3, 0.4) is 0 Å². The van der Waals surface area contributed by atoms with Gasteiger partial charge in [-0.05, 0) is 25.0 Å². The van der Waals surface area contributed by atoms with Crippen molar-refractivity contribution in [3.8, 4) is 0 Å². The van der Waals surface area contributed by atoms with Crippen LogP contribution in [0, 0.1) is 6.92 Å². The van der Waals surface area contributed by atoms with Crippen LogP contribution >= 0.6 is 23.2 Å². The van der Waals surface area contributed by atoms with E-state index >= 15 is 0 Å². The van der Waals surface area contributed by atoms with Gasteiger partial charge in [0.2, 0.25) is 5.91 Å². The molecule has 1 aromatic carbocycles. The second kappa shape index (κ2) is 6.09. The van der Waals surface area contributed by atoms with E-state index in [0.29, 0.717) is 22.2 Å². The van der Waals surface area contributed by atoms with E-state index in [9.17, 15) is 4.79 Å². The lowest BCUT2D eigenvalue weighted by Crippen LogP contribution is -2.12. The highest BCUT2D eigenvalue weighted by Gasteiger charge is 2.11. The average Bonchev–Trinajstić information content (AvgIpc) is 2.27. The highest BCUT2D eigenvalue weighted by atomic mass is 35.5. The van der Waals surface area contributed by atoms with E-state index in [1.165, 1.54) is 0 Å². The Balaban J connectivity index is 2.80. The summed E-state index contributed by atoms with van der Waals surface area (Å²) in [7, 11) is 0. The molecule has 0 aromatic heterocycles. The highest BCUT2D eigenvalue weighted by Crippen LogP contribution is 2.32. The van der Waals surface area contributed by atoms with Gasteiger partial charge in [-0.3, -0.25) is 4.79 Å². The van der Waals surface area contributed by atoms with Crippen LogP contribution in [0.2, 0.25) is 10.0 Å². The maximum absolute atomic E-state index is 11.4. The van der Waals surface area contributed by atoms with Crippen LogP contribution in [0.4, 0.5) is 5.69 Å². The van der Waals surface area contributed by atoms with E-state index in [1.54, 1.807) is 12.1 Å². The first kappa shape index (κ1) is 13.3. The Hall–Kier alpha value is -0.770. The number of aliphatic hydroxyl groups excluding tert-OH is 1. The van der Waals surface area contributed by atoms with Crippen molar-refractivity contribution in [2.24, 2.45) is 0 Å². The molecule has 5 heteroatoms. The first-order valence-electron chi connectivity index (χ1n) is 4.91. The first-order chi connectivity index (χ1) is 7.56. The Labute approximate surface area is 104 Å². The first-order valence-corrected chi connectivity index (χ1v) is 5.67. The normalized spacial score (nSPS) is 10.2. The number of rotatable bonds is 4. The molecule has 1 rings (SSSR count). The molecule has 1 amide bonds. The number of aryl methyl sites for hydroxylation is 1. The van der Waals surface area contributed by atoms with Crippen molar-refractivity contribution in [3.05, 3.63) is 27.7 Å². The second-order valence-corrected chi connectivity index (χ2v) is 4.21. The third-order valence-corrected chi connectivity index (χ3v) is 2.91. The van der Waals surface area contributed by atoms with Gasteiger partial charge in [-0.2, -0.15) is 0 Å². The molecule has 0 saturated carbocycles. The molecule has 16 heavy (non-hydrogen) atoms. The van der Waals surface area contributed by atoms with Gasteiger partial charge in [0.25, 0.3) is 0 Å². The summed E-state index contributed by atoms with van der Waals surface area (Å²) >= 11 is 12.0. The second-order valence-electron chi connectivity index (χ2n) is 3.43. The minimum absolute atomic E-state index is 0.0112. The van der Waals surface area contributed by atoms with E-state index in [0.717, 1.165) is 5.56 Å². The van der Waals surface area contributed by atoms with Gasteiger partial charge in [0.05, 0.1) is 15.7 Å². The van der Waals surface area contributed by atoms with Crippen LogP contribution in [0.25, 0.3) is 0 Å².